The van der Waals surface area contributed by atoms with Crippen LogP contribution in [0.5, 0.6) is 5.75 Å². The summed E-state index contributed by atoms with van der Waals surface area (Å²) in [4.78, 5) is 36.7. The Bertz CT molecular complexity index is 1780. The van der Waals surface area contributed by atoms with Crippen molar-refractivity contribution < 1.29 is 32.6 Å². The van der Waals surface area contributed by atoms with Crippen LogP contribution in [-0.2, 0) is 26.0 Å². The number of hydrogen-bond donors (Lipinski definition) is 2. The molecule has 0 aliphatic carbocycles. The molecule has 0 spiro atoms. The zero-order valence-electron chi connectivity index (χ0n) is 26.3. The summed E-state index contributed by atoms with van der Waals surface area (Å²) >= 11 is 1.49. The molecule has 1 amide bonds. The fraction of sp³-hybridized carbons (Fsp3) is 0.375. The van der Waals surface area contributed by atoms with Gasteiger partial charge in [-0.05, 0) is 80.1 Å². The van der Waals surface area contributed by atoms with Gasteiger partial charge in [0.25, 0.3) is 0 Å². The number of rotatable bonds is 10. The van der Waals surface area contributed by atoms with Gasteiger partial charge in [-0.2, -0.15) is 0 Å². The topological polar surface area (TPSA) is 148 Å². The number of sulfonamides is 1. The van der Waals surface area contributed by atoms with Crippen LogP contribution in [0.2, 0.25) is 0 Å². The number of nitrogens with zero attached hydrogens (tertiary/aromatic N) is 3. The molecule has 11 nitrogen and oxygen atoms in total. The van der Waals surface area contributed by atoms with E-state index in [1.807, 2.05) is 24.3 Å². The highest BCUT2D eigenvalue weighted by Crippen LogP contribution is 2.34. The van der Waals surface area contributed by atoms with Gasteiger partial charge in [0, 0.05) is 28.4 Å². The van der Waals surface area contributed by atoms with Crippen molar-refractivity contribution >= 4 is 49.3 Å². The molecule has 2 unspecified atom stereocenters. The van der Waals surface area contributed by atoms with E-state index in [-0.39, 0.29) is 22.8 Å². The molecular formula is C32H38N4O7S2. The minimum absolute atomic E-state index is 0.00993. The summed E-state index contributed by atoms with van der Waals surface area (Å²) in [7, 11) is -2.47. The number of methoxy groups -OCH3 is 1. The van der Waals surface area contributed by atoms with Gasteiger partial charge in [-0.3, -0.25) is 4.98 Å². The first-order valence-electron chi connectivity index (χ1n) is 14.2. The number of amides is 1. The number of carboxylic acid groups (broad SMARTS) is 1. The van der Waals surface area contributed by atoms with Gasteiger partial charge in [0.1, 0.15) is 28.1 Å². The van der Waals surface area contributed by atoms with Crippen molar-refractivity contribution in [3.8, 4) is 5.75 Å². The lowest BCUT2D eigenvalue weighted by Crippen LogP contribution is -2.54. The molecule has 0 saturated carbocycles. The Labute approximate surface area is 267 Å². The van der Waals surface area contributed by atoms with Crippen LogP contribution in [0, 0.1) is 5.41 Å². The molecule has 2 N–H and O–H groups in total. The molecule has 0 fully saturated rings. The number of carboxylic acids is 1. The third-order valence-electron chi connectivity index (χ3n) is 6.69. The van der Waals surface area contributed by atoms with Gasteiger partial charge in [0.05, 0.1) is 18.8 Å². The molecule has 0 radical (unpaired) electrons. The van der Waals surface area contributed by atoms with E-state index in [1.165, 1.54) is 41.9 Å². The Balaban J connectivity index is 1.83. The minimum Gasteiger partial charge on any atom is -0.497 e. The smallest absolute Gasteiger partial charge is 0.416 e. The Hall–Kier alpha value is -4.07. The van der Waals surface area contributed by atoms with Crippen LogP contribution in [0.1, 0.15) is 58.2 Å². The quantitative estimate of drug-likeness (QED) is 0.204. The van der Waals surface area contributed by atoms with Gasteiger partial charge in [-0.15, -0.1) is 11.3 Å². The van der Waals surface area contributed by atoms with E-state index in [2.05, 4.69) is 9.71 Å². The highest BCUT2D eigenvalue weighted by molar-refractivity contribution is 7.89. The number of fused-ring (bicyclic) bond motifs is 1. The summed E-state index contributed by atoms with van der Waals surface area (Å²) in [6.07, 6.45) is 2.05. The van der Waals surface area contributed by atoms with E-state index in [0.717, 1.165) is 19.9 Å². The van der Waals surface area contributed by atoms with Gasteiger partial charge in [0.2, 0.25) is 10.0 Å². The van der Waals surface area contributed by atoms with Crippen molar-refractivity contribution in [2.75, 3.05) is 12.0 Å². The van der Waals surface area contributed by atoms with E-state index in [9.17, 15) is 23.1 Å². The number of aliphatic carboxylic acids is 1. The molecule has 3 heterocycles. The van der Waals surface area contributed by atoms with Crippen molar-refractivity contribution in [1.82, 2.24) is 14.7 Å². The van der Waals surface area contributed by atoms with Gasteiger partial charge >= 0.3 is 12.1 Å². The molecule has 45 heavy (non-hydrogen) atoms. The molecule has 2 atom stereocenters. The number of benzene rings is 1. The third-order valence-corrected chi connectivity index (χ3v) is 9.27. The highest BCUT2D eigenvalue weighted by Gasteiger charge is 2.43. The number of nitrogens with one attached hydrogen (secondary N) is 1. The van der Waals surface area contributed by atoms with Crippen molar-refractivity contribution in [1.29, 1.82) is 0 Å². The number of anilines is 1. The molecule has 4 rings (SSSR count). The van der Waals surface area contributed by atoms with E-state index >= 15 is 0 Å². The highest BCUT2D eigenvalue weighted by atomic mass is 32.2. The molecule has 0 saturated heterocycles. The molecule has 4 aromatic rings. The second kappa shape index (κ2) is 13.1. The fourth-order valence-corrected chi connectivity index (χ4v) is 7.05. The molecule has 13 heteroatoms. The SMILES string of the molecule is COc1ccc2cc(CC(NS(=O)(=O)c3cccnc3)c3cccc(N(C(=O)OC(C)(C)C)C(C(=O)O)C(C)(C)C)n3)sc2c1. The average Bonchev–Trinajstić information content (AvgIpc) is 3.35. The molecule has 1 aromatic carbocycles. The predicted molar refractivity (Wildman–Crippen MR) is 173 cm³/mol. The van der Waals surface area contributed by atoms with Gasteiger partial charge in [-0.25, -0.2) is 32.6 Å². The lowest BCUT2D eigenvalue weighted by atomic mass is 9.85. The van der Waals surface area contributed by atoms with Crippen molar-refractivity contribution in [2.24, 2.45) is 5.41 Å². The molecule has 3 aromatic heterocycles. The van der Waals surface area contributed by atoms with Gasteiger partial charge in [-0.1, -0.05) is 26.8 Å². The van der Waals surface area contributed by atoms with Gasteiger partial charge in [0.15, 0.2) is 0 Å². The number of hydrogen-bond acceptors (Lipinski definition) is 9. The number of carbonyl (C=O) groups is 2. The maximum absolute atomic E-state index is 13.6. The molecule has 0 aliphatic heterocycles. The molecular weight excluding hydrogens is 617 g/mol. The van der Waals surface area contributed by atoms with E-state index in [0.29, 0.717) is 5.75 Å². The lowest BCUT2D eigenvalue weighted by molar-refractivity contribution is -0.141. The van der Waals surface area contributed by atoms with Crippen LogP contribution < -0.4 is 14.4 Å². The van der Waals surface area contributed by atoms with Crippen molar-refractivity contribution in [3.05, 3.63) is 77.6 Å². The van der Waals surface area contributed by atoms with Crippen LogP contribution in [0.25, 0.3) is 10.1 Å². The number of pyridine rings is 2. The summed E-state index contributed by atoms with van der Waals surface area (Å²) in [6.45, 7) is 10.2. The predicted octanol–water partition coefficient (Wildman–Crippen LogP) is 6.20. The first-order valence-corrected chi connectivity index (χ1v) is 16.5. The Morgan fingerprint density at radius 3 is 2.38 bits per heavy atom. The normalized spacial score (nSPS) is 13.7. The lowest BCUT2D eigenvalue weighted by Gasteiger charge is -2.37. The summed E-state index contributed by atoms with van der Waals surface area (Å²) in [5.41, 5.74) is -1.55. The maximum Gasteiger partial charge on any atom is 0.416 e. The summed E-state index contributed by atoms with van der Waals surface area (Å²) in [5.74, 6) is -0.529. The van der Waals surface area contributed by atoms with E-state index in [1.54, 1.807) is 60.8 Å². The maximum atomic E-state index is 13.6. The van der Waals surface area contributed by atoms with E-state index in [4.69, 9.17) is 14.5 Å². The Kier molecular flexibility index (Phi) is 9.85. The Morgan fingerprint density at radius 1 is 1.04 bits per heavy atom. The molecule has 240 valence electrons. The zero-order valence-corrected chi connectivity index (χ0v) is 27.9. The second-order valence-electron chi connectivity index (χ2n) is 12.6. The third kappa shape index (κ3) is 8.35. The second-order valence-corrected chi connectivity index (χ2v) is 15.4. The summed E-state index contributed by atoms with van der Waals surface area (Å²) < 4.78 is 41.7. The number of ether oxygens (including phenoxy) is 2. The first kappa shape index (κ1) is 33.8. The fourth-order valence-electron chi connectivity index (χ4n) is 4.74. The van der Waals surface area contributed by atoms with Crippen molar-refractivity contribution in [2.45, 2.75) is 70.5 Å². The standard InChI is InChI=1S/C32H38N4O7S2/c1-31(2,3)28(29(37)38)36(30(39)43-32(4,5)6)27-12-8-11-24(34-27)25(35-45(40,41)23-10-9-15-33-19-23)18-22-16-20-13-14-21(42-7)17-26(20)44-22/h8-17,19,25,28,35H,18H2,1-7H3,(H,37,38). The van der Waals surface area contributed by atoms with Crippen LogP contribution in [0.15, 0.2) is 71.9 Å². The number of carbonyl (C=O) groups excluding carboxylic acids is 1. The Morgan fingerprint density at radius 2 is 1.78 bits per heavy atom. The van der Waals surface area contributed by atoms with Crippen LogP contribution in [0.3, 0.4) is 0 Å². The average molecular weight is 655 g/mol. The van der Waals surface area contributed by atoms with Crippen LogP contribution >= 0.6 is 11.3 Å². The monoisotopic (exact) mass is 654 g/mol. The van der Waals surface area contributed by atoms with Crippen molar-refractivity contribution in [3.63, 3.8) is 0 Å². The zero-order chi connectivity index (χ0) is 33.2. The summed E-state index contributed by atoms with van der Waals surface area (Å²) in [5, 5.41) is 11.2. The molecule has 0 aliphatic rings. The van der Waals surface area contributed by atoms with Crippen LogP contribution in [-0.4, -0.2) is 54.3 Å². The van der Waals surface area contributed by atoms with Gasteiger partial charge < -0.3 is 14.6 Å². The largest absolute Gasteiger partial charge is 0.497 e. The summed E-state index contributed by atoms with van der Waals surface area (Å²) in [6, 6.07) is 13.1. The van der Waals surface area contributed by atoms with Crippen LogP contribution in [0.4, 0.5) is 10.6 Å². The number of thiophene rings is 1. The van der Waals surface area contributed by atoms with E-state index < -0.39 is 45.2 Å². The first-order chi connectivity index (χ1) is 21.0. The minimum atomic E-state index is -4.06. The number of aromatic nitrogens is 2. The molecule has 0 bridgehead atoms.